The molecular weight excluding hydrogens is 228 g/mol. The molecule has 0 bridgehead atoms. The lowest BCUT2D eigenvalue weighted by Crippen LogP contribution is -2.26. The number of nitrogens with one attached hydrogen (secondary N) is 3. The van der Waals surface area contributed by atoms with E-state index in [0.29, 0.717) is 18.7 Å². The first-order valence-corrected chi connectivity index (χ1v) is 6.69. The highest BCUT2D eigenvalue weighted by Gasteiger charge is 2.22. The predicted octanol–water partition coefficient (Wildman–Crippen LogP) is 0.126. The Hall–Kier alpha value is -0.920. The van der Waals surface area contributed by atoms with Crippen LogP contribution in [-0.4, -0.2) is 32.2 Å². The van der Waals surface area contributed by atoms with Gasteiger partial charge in [-0.1, -0.05) is 6.92 Å². The first kappa shape index (κ1) is 13.1. The second-order valence-corrected chi connectivity index (χ2v) is 5.24. The molecule has 6 nitrogen and oxygen atoms in total. The second-order valence-electron chi connectivity index (χ2n) is 3.56. The summed E-state index contributed by atoms with van der Waals surface area (Å²) in [7, 11) is -1.72. The number of sulfonamides is 1. The van der Waals surface area contributed by atoms with E-state index < -0.39 is 10.0 Å². The first-order chi connectivity index (χ1) is 7.53. The van der Waals surface area contributed by atoms with Crippen LogP contribution in [0.2, 0.25) is 0 Å². The highest BCUT2D eigenvalue weighted by molar-refractivity contribution is 7.89. The summed E-state index contributed by atoms with van der Waals surface area (Å²) in [6.07, 6.45) is 0.754. The third-order valence-electron chi connectivity index (χ3n) is 2.19. The van der Waals surface area contributed by atoms with E-state index in [1.807, 2.05) is 6.92 Å². The first-order valence-electron chi connectivity index (χ1n) is 5.21. The van der Waals surface area contributed by atoms with Gasteiger partial charge in [-0.15, -0.1) is 0 Å². The lowest BCUT2D eigenvalue weighted by Gasteiger charge is -2.05. The summed E-state index contributed by atoms with van der Waals surface area (Å²) in [6.45, 7) is 4.61. The molecule has 7 heteroatoms. The normalized spacial score (nSPS) is 11.9. The fourth-order valence-electron chi connectivity index (χ4n) is 1.34. The van der Waals surface area contributed by atoms with Crippen molar-refractivity contribution in [2.24, 2.45) is 0 Å². The molecule has 0 spiro atoms. The Bertz CT molecular complexity index is 438. The molecule has 0 aliphatic carbocycles. The molecule has 0 amide bonds. The van der Waals surface area contributed by atoms with Gasteiger partial charge in [-0.2, -0.15) is 5.10 Å². The van der Waals surface area contributed by atoms with Gasteiger partial charge in [-0.3, -0.25) is 5.10 Å². The summed E-state index contributed by atoms with van der Waals surface area (Å²) in [5, 5.41) is 9.56. The summed E-state index contributed by atoms with van der Waals surface area (Å²) in [5.41, 5.74) is 1.46. The van der Waals surface area contributed by atoms with Gasteiger partial charge >= 0.3 is 0 Å². The average Bonchev–Trinajstić information content (AvgIpc) is 2.59. The van der Waals surface area contributed by atoms with Crippen molar-refractivity contribution in [2.75, 3.05) is 13.6 Å². The van der Waals surface area contributed by atoms with Gasteiger partial charge in [0, 0.05) is 24.3 Å². The van der Waals surface area contributed by atoms with E-state index in [9.17, 15) is 8.42 Å². The van der Waals surface area contributed by atoms with Crippen LogP contribution in [-0.2, 0) is 16.6 Å². The molecule has 0 atom stereocenters. The molecule has 0 fully saturated rings. The summed E-state index contributed by atoms with van der Waals surface area (Å²) >= 11 is 0. The fourth-order valence-corrected chi connectivity index (χ4v) is 2.67. The van der Waals surface area contributed by atoms with Crippen molar-refractivity contribution in [3.8, 4) is 0 Å². The second kappa shape index (κ2) is 5.42. The van der Waals surface area contributed by atoms with E-state index in [2.05, 4.69) is 20.2 Å². The van der Waals surface area contributed by atoms with Crippen molar-refractivity contribution in [1.82, 2.24) is 20.2 Å². The van der Waals surface area contributed by atoms with Crippen molar-refractivity contribution >= 4 is 10.0 Å². The van der Waals surface area contributed by atoms with Crippen molar-refractivity contribution in [1.29, 1.82) is 0 Å². The SMILES string of the molecule is CCCNS(=O)(=O)c1n[nH]c(C)c1CNC. The number of aromatic nitrogens is 2. The van der Waals surface area contributed by atoms with E-state index in [-0.39, 0.29) is 5.03 Å². The van der Waals surface area contributed by atoms with Crippen LogP contribution < -0.4 is 10.0 Å². The standard InChI is InChI=1S/C9H18N4O2S/c1-4-5-11-16(14,15)9-8(6-10-3)7(2)12-13-9/h10-11H,4-6H2,1-3H3,(H,12,13). The fraction of sp³-hybridized carbons (Fsp3) is 0.667. The van der Waals surface area contributed by atoms with Gasteiger partial charge in [0.2, 0.25) is 0 Å². The van der Waals surface area contributed by atoms with Crippen molar-refractivity contribution in [3.63, 3.8) is 0 Å². The van der Waals surface area contributed by atoms with Crippen molar-refractivity contribution < 1.29 is 8.42 Å². The van der Waals surface area contributed by atoms with Crippen LogP contribution >= 0.6 is 0 Å². The number of aromatic amines is 1. The number of aryl methyl sites for hydroxylation is 1. The third-order valence-corrected chi connectivity index (χ3v) is 3.62. The van der Waals surface area contributed by atoms with Gasteiger partial charge in [-0.25, -0.2) is 13.1 Å². The Kier molecular flexibility index (Phi) is 4.45. The molecule has 1 rings (SSSR count). The molecule has 0 aliphatic heterocycles. The van der Waals surface area contributed by atoms with Crippen LogP contribution in [0.1, 0.15) is 24.6 Å². The lowest BCUT2D eigenvalue weighted by atomic mass is 10.3. The summed E-state index contributed by atoms with van der Waals surface area (Å²) in [5.74, 6) is 0. The Morgan fingerprint density at radius 2 is 2.12 bits per heavy atom. The molecule has 0 saturated heterocycles. The smallest absolute Gasteiger partial charge is 0.260 e. The molecule has 1 aromatic heterocycles. The molecule has 0 aliphatic rings. The van der Waals surface area contributed by atoms with Gasteiger partial charge in [0.1, 0.15) is 0 Å². The van der Waals surface area contributed by atoms with E-state index in [4.69, 9.17) is 0 Å². The Labute approximate surface area is 95.9 Å². The topological polar surface area (TPSA) is 86.9 Å². The number of H-pyrrole nitrogens is 1. The number of hydrogen-bond donors (Lipinski definition) is 3. The maximum Gasteiger partial charge on any atom is 0.260 e. The summed E-state index contributed by atoms with van der Waals surface area (Å²) in [4.78, 5) is 0. The van der Waals surface area contributed by atoms with Crippen molar-refractivity contribution in [2.45, 2.75) is 31.8 Å². The highest BCUT2D eigenvalue weighted by Crippen LogP contribution is 2.15. The zero-order valence-corrected chi connectivity index (χ0v) is 10.6. The molecular formula is C9H18N4O2S. The molecule has 0 radical (unpaired) electrons. The largest absolute Gasteiger partial charge is 0.316 e. The van der Waals surface area contributed by atoms with Crippen molar-refractivity contribution in [3.05, 3.63) is 11.3 Å². The minimum absolute atomic E-state index is 0.0906. The zero-order chi connectivity index (χ0) is 12.2. The van der Waals surface area contributed by atoms with Crippen LogP contribution in [0.4, 0.5) is 0 Å². The van der Waals surface area contributed by atoms with Crippen LogP contribution in [0, 0.1) is 6.92 Å². The maximum atomic E-state index is 11.9. The molecule has 0 saturated carbocycles. The highest BCUT2D eigenvalue weighted by atomic mass is 32.2. The van der Waals surface area contributed by atoms with E-state index >= 15 is 0 Å². The molecule has 92 valence electrons. The number of rotatable bonds is 6. The molecule has 3 N–H and O–H groups in total. The maximum absolute atomic E-state index is 11.9. The average molecular weight is 246 g/mol. The quantitative estimate of drug-likeness (QED) is 0.665. The van der Waals surface area contributed by atoms with Gasteiger partial charge < -0.3 is 5.32 Å². The lowest BCUT2D eigenvalue weighted by molar-refractivity contribution is 0.574. The van der Waals surface area contributed by atoms with Gasteiger partial charge in [-0.05, 0) is 20.4 Å². The molecule has 1 aromatic rings. The van der Waals surface area contributed by atoms with Crippen LogP contribution in [0.25, 0.3) is 0 Å². The number of hydrogen-bond acceptors (Lipinski definition) is 4. The Balaban J connectivity index is 3.03. The van der Waals surface area contributed by atoms with Crippen LogP contribution in [0.3, 0.4) is 0 Å². The number of nitrogens with zero attached hydrogens (tertiary/aromatic N) is 1. The van der Waals surface area contributed by atoms with Gasteiger partial charge in [0.05, 0.1) is 0 Å². The Morgan fingerprint density at radius 3 is 2.69 bits per heavy atom. The molecule has 16 heavy (non-hydrogen) atoms. The van der Waals surface area contributed by atoms with Gasteiger partial charge in [0.25, 0.3) is 10.0 Å². The zero-order valence-electron chi connectivity index (χ0n) is 9.79. The van der Waals surface area contributed by atoms with E-state index in [1.54, 1.807) is 14.0 Å². The van der Waals surface area contributed by atoms with Crippen LogP contribution in [0.5, 0.6) is 0 Å². The summed E-state index contributed by atoms with van der Waals surface area (Å²) < 4.78 is 26.3. The summed E-state index contributed by atoms with van der Waals surface area (Å²) in [6, 6.07) is 0. The molecule has 1 heterocycles. The van der Waals surface area contributed by atoms with Crippen LogP contribution in [0.15, 0.2) is 5.03 Å². The van der Waals surface area contributed by atoms with Gasteiger partial charge in [0.15, 0.2) is 5.03 Å². The van der Waals surface area contributed by atoms with E-state index in [1.165, 1.54) is 0 Å². The van der Waals surface area contributed by atoms with E-state index in [0.717, 1.165) is 12.1 Å². The molecule has 0 aromatic carbocycles. The minimum atomic E-state index is -3.49. The Morgan fingerprint density at radius 1 is 1.44 bits per heavy atom. The third kappa shape index (κ3) is 2.81. The predicted molar refractivity (Wildman–Crippen MR) is 61.6 cm³/mol. The minimum Gasteiger partial charge on any atom is -0.316 e. The molecule has 0 unspecified atom stereocenters. The monoisotopic (exact) mass is 246 g/mol.